The molecule has 0 unspecified atom stereocenters. The van der Waals surface area contributed by atoms with Gasteiger partial charge < -0.3 is 19.7 Å². The molecule has 7 heteroatoms. The van der Waals surface area contributed by atoms with E-state index in [1.165, 1.54) is 17.0 Å². The van der Waals surface area contributed by atoms with Crippen LogP contribution in [0.15, 0.2) is 54.6 Å². The van der Waals surface area contributed by atoms with E-state index < -0.39 is 6.04 Å². The first kappa shape index (κ1) is 24.3. The summed E-state index contributed by atoms with van der Waals surface area (Å²) < 4.78 is 24.3. The summed E-state index contributed by atoms with van der Waals surface area (Å²) >= 11 is 0. The predicted octanol–water partition coefficient (Wildman–Crippen LogP) is 3.55. The van der Waals surface area contributed by atoms with Gasteiger partial charge in [-0.3, -0.25) is 9.59 Å². The van der Waals surface area contributed by atoms with Crippen LogP contribution in [0, 0.1) is 5.82 Å². The number of nitrogens with zero attached hydrogens (tertiary/aromatic N) is 1. The molecule has 0 fully saturated rings. The lowest BCUT2D eigenvalue weighted by atomic mass is 10.1. The van der Waals surface area contributed by atoms with E-state index in [0.717, 1.165) is 5.56 Å². The van der Waals surface area contributed by atoms with Crippen LogP contribution in [0.5, 0.6) is 5.75 Å². The van der Waals surface area contributed by atoms with E-state index >= 15 is 0 Å². The van der Waals surface area contributed by atoms with Gasteiger partial charge in [0.2, 0.25) is 5.91 Å². The molecule has 2 amide bonds. The van der Waals surface area contributed by atoms with E-state index in [0.29, 0.717) is 25.3 Å². The zero-order chi connectivity index (χ0) is 22.6. The van der Waals surface area contributed by atoms with Gasteiger partial charge in [-0.15, -0.1) is 0 Å². The molecule has 6 nitrogen and oxygen atoms in total. The van der Waals surface area contributed by atoms with Crippen molar-refractivity contribution in [3.05, 3.63) is 66.0 Å². The molecule has 0 aromatic heterocycles. The first-order chi connectivity index (χ1) is 14.9. The van der Waals surface area contributed by atoms with Gasteiger partial charge in [-0.1, -0.05) is 30.3 Å². The number of ether oxygens (including phenoxy) is 2. The lowest BCUT2D eigenvalue weighted by Crippen LogP contribution is -2.49. The predicted molar refractivity (Wildman–Crippen MR) is 117 cm³/mol. The summed E-state index contributed by atoms with van der Waals surface area (Å²) in [7, 11) is 0. The molecule has 0 heterocycles. The van der Waals surface area contributed by atoms with Crippen LogP contribution in [0.3, 0.4) is 0 Å². The zero-order valence-corrected chi connectivity index (χ0v) is 18.3. The topological polar surface area (TPSA) is 67.9 Å². The molecule has 0 aliphatic rings. The van der Waals surface area contributed by atoms with Gasteiger partial charge in [-0.2, -0.15) is 0 Å². The standard InChI is InChI=1S/C24H31FN2O4/c1-18(2)30-15-7-14-26-24(29)19(3)27(16-20-10-12-21(25)13-11-20)23(28)17-31-22-8-5-4-6-9-22/h4-6,8-13,18-19H,7,14-17H2,1-3H3,(H,26,29)/t19-/m1/s1. The van der Waals surface area contributed by atoms with E-state index in [-0.39, 0.29) is 36.9 Å². The number of hydrogen-bond donors (Lipinski definition) is 1. The number of rotatable bonds is 12. The van der Waals surface area contributed by atoms with Gasteiger partial charge in [0.25, 0.3) is 5.91 Å². The highest BCUT2D eigenvalue weighted by atomic mass is 19.1. The van der Waals surface area contributed by atoms with Crippen LogP contribution in [0.4, 0.5) is 4.39 Å². The van der Waals surface area contributed by atoms with Gasteiger partial charge >= 0.3 is 0 Å². The summed E-state index contributed by atoms with van der Waals surface area (Å²) in [5.41, 5.74) is 0.722. The molecule has 0 saturated carbocycles. The number of nitrogens with one attached hydrogen (secondary N) is 1. The normalized spacial score (nSPS) is 11.8. The van der Waals surface area contributed by atoms with Crippen molar-refractivity contribution in [1.82, 2.24) is 10.2 Å². The largest absolute Gasteiger partial charge is 0.484 e. The van der Waals surface area contributed by atoms with Crippen molar-refractivity contribution in [2.24, 2.45) is 0 Å². The fraction of sp³-hybridized carbons (Fsp3) is 0.417. The highest BCUT2D eigenvalue weighted by molar-refractivity contribution is 5.87. The second kappa shape index (κ2) is 12.7. The number of amides is 2. The minimum absolute atomic E-state index is 0.142. The molecule has 0 radical (unpaired) electrons. The molecule has 1 N–H and O–H groups in total. The van der Waals surface area contributed by atoms with Crippen molar-refractivity contribution in [3.63, 3.8) is 0 Å². The highest BCUT2D eigenvalue weighted by Crippen LogP contribution is 2.13. The Kier molecular flexibility index (Phi) is 9.97. The lowest BCUT2D eigenvalue weighted by Gasteiger charge is -2.28. The summed E-state index contributed by atoms with van der Waals surface area (Å²) in [6, 6.07) is 14.1. The lowest BCUT2D eigenvalue weighted by molar-refractivity contribution is -0.142. The fourth-order valence-electron chi connectivity index (χ4n) is 2.86. The molecular weight excluding hydrogens is 399 g/mol. The van der Waals surface area contributed by atoms with Gasteiger partial charge in [-0.25, -0.2) is 4.39 Å². The SMILES string of the molecule is CC(C)OCCCNC(=O)[C@@H](C)N(Cc1ccc(F)cc1)C(=O)COc1ccccc1. The fourth-order valence-corrected chi connectivity index (χ4v) is 2.86. The number of para-hydroxylation sites is 1. The molecule has 1 atom stereocenters. The smallest absolute Gasteiger partial charge is 0.261 e. The zero-order valence-electron chi connectivity index (χ0n) is 18.3. The van der Waals surface area contributed by atoms with Crippen LogP contribution in [0.1, 0.15) is 32.8 Å². The summed E-state index contributed by atoms with van der Waals surface area (Å²) in [4.78, 5) is 27.0. The Morgan fingerprint density at radius 1 is 1.03 bits per heavy atom. The monoisotopic (exact) mass is 430 g/mol. The Morgan fingerprint density at radius 2 is 1.71 bits per heavy atom. The van der Waals surface area contributed by atoms with E-state index in [1.807, 2.05) is 32.0 Å². The van der Waals surface area contributed by atoms with Crippen LogP contribution >= 0.6 is 0 Å². The molecule has 31 heavy (non-hydrogen) atoms. The minimum atomic E-state index is -0.719. The van der Waals surface area contributed by atoms with Crippen molar-refractivity contribution in [3.8, 4) is 5.75 Å². The molecule has 0 aliphatic carbocycles. The number of carbonyl (C=O) groups is 2. The quantitative estimate of drug-likeness (QED) is 0.523. The van der Waals surface area contributed by atoms with Crippen LogP contribution in [-0.2, 0) is 20.9 Å². The van der Waals surface area contributed by atoms with E-state index in [1.54, 1.807) is 31.2 Å². The molecule has 0 spiro atoms. The Balaban J connectivity index is 2.00. The van der Waals surface area contributed by atoms with Gasteiger partial charge in [0, 0.05) is 19.7 Å². The summed E-state index contributed by atoms with van der Waals surface area (Å²) in [5, 5.41) is 2.85. The number of benzene rings is 2. The Hall–Kier alpha value is -2.93. The Morgan fingerprint density at radius 3 is 2.35 bits per heavy atom. The van der Waals surface area contributed by atoms with Crippen LogP contribution in [0.25, 0.3) is 0 Å². The van der Waals surface area contributed by atoms with Crippen LogP contribution in [-0.4, -0.2) is 48.6 Å². The molecular formula is C24H31FN2O4. The third kappa shape index (κ3) is 8.76. The summed E-state index contributed by atoms with van der Waals surface area (Å²) in [5.74, 6) is -0.387. The molecule has 168 valence electrons. The molecule has 2 aromatic rings. The number of hydrogen-bond acceptors (Lipinski definition) is 4. The van der Waals surface area contributed by atoms with Crippen molar-refractivity contribution in [2.75, 3.05) is 19.8 Å². The minimum Gasteiger partial charge on any atom is -0.484 e. The second-order valence-corrected chi connectivity index (χ2v) is 7.49. The Labute approximate surface area is 183 Å². The van der Waals surface area contributed by atoms with Crippen molar-refractivity contribution < 1.29 is 23.5 Å². The first-order valence-corrected chi connectivity index (χ1v) is 10.5. The average molecular weight is 431 g/mol. The van der Waals surface area contributed by atoms with Gasteiger partial charge in [0.15, 0.2) is 6.61 Å². The van der Waals surface area contributed by atoms with Crippen LogP contribution < -0.4 is 10.1 Å². The number of halogens is 1. The van der Waals surface area contributed by atoms with Crippen molar-refractivity contribution in [1.29, 1.82) is 0 Å². The van der Waals surface area contributed by atoms with E-state index in [2.05, 4.69) is 5.32 Å². The maximum Gasteiger partial charge on any atom is 0.261 e. The number of carbonyl (C=O) groups excluding carboxylic acids is 2. The summed E-state index contributed by atoms with van der Waals surface area (Å²) in [6.07, 6.45) is 0.822. The third-order valence-electron chi connectivity index (χ3n) is 4.61. The highest BCUT2D eigenvalue weighted by Gasteiger charge is 2.26. The van der Waals surface area contributed by atoms with Gasteiger partial charge in [0.1, 0.15) is 17.6 Å². The second-order valence-electron chi connectivity index (χ2n) is 7.49. The maximum atomic E-state index is 13.3. The molecule has 0 bridgehead atoms. The molecule has 2 rings (SSSR count). The van der Waals surface area contributed by atoms with Crippen LogP contribution in [0.2, 0.25) is 0 Å². The maximum absolute atomic E-state index is 13.3. The van der Waals surface area contributed by atoms with Crippen molar-refractivity contribution >= 4 is 11.8 Å². The average Bonchev–Trinajstić information content (AvgIpc) is 2.76. The van der Waals surface area contributed by atoms with E-state index in [9.17, 15) is 14.0 Å². The van der Waals surface area contributed by atoms with Gasteiger partial charge in [0.05, 0.1) is 6.10 Å². The van der Waals surface area contributed by atoms with Gasteiger partial charge in [-0.05, 0) is 57.0 Å². The summed E-state index contributed by atoms with van der Waals surface area (Å²) in [6.45, 7) is 6.55. The van der Waals surface area contributed by atoms with E-state index in [4.69, 9.17) is 9.47 Å². The third-order valence-corrected chi connectivity index (χ3v) is 4.61. The molecule has 0 saturated heterocycles. The van der Waals surface area contributed by atoms with Crippen molar-refractivity contribution in [2.45, 2.75) is 45.9 Å². The molecule has 2 aromatic carbocycles. The molecule has 0 aliphatic heterocycles. The Bertz CT molecular complexity index is 812. The first-order valence-electron chi connectivity index (χ1n) is 10.5.